The van der Waals surface area contributed by atoms with E-state index in [1.54, 1.807) is 32.4 Å². The number of rotatable bonds is 8. The van der Waals surface area contributed by atoms with E-state index in [0.717, 1.165) is 16.9 Å². The normalized spacial score (nSPS) is 19.5. The van der Waals surface area contributed by atoms with Crippen LogP contribution in [0.3, 0.4) is 0 Å². The summed E-state index contributed by atoms with van der Waals surface area (Å²) >= 11 is 0. The van der Waals surface area contributed by atoms with E-state index in [9.17, 15) is 9.59 Å². The molecule has 3 atom stereocenters. The lowest BCUT2D eigenvalue weighted by Gasteiger charge is -2.23. The standard InChI is InChI=1S/C28H29NO7/c1-18(30)35-24-16-21(12-15-23(24)34-17-19-8-6-5-7-9-19)26-25(28(31)33-4)29(2)27(36-26)20-10-13-22(32-3)14-11-20/h5-16,25-27H,17H2,1-4H3/t25-,26+,27?/m0/s1. The minimum atomic E-state index is -0.719. The number of carbonyl (C=O) groups excluding carboxylic acids is 2. The van der Waals surface area contributed by atoms with Crippen molar-refractivity contribution in [1.82, 2.24) is 4.90 Å². The number of hydrogen-bond acceptors (Lipinski definition) is 8. The fourth-order valence-electron chi connectivity index (χ4n) is 4.21. The summed E-state index contributed by atoms with van der Waals surface area (Å²) in [6.07, 6.45) is -1.18. The van der Waals surface area contributed by atoms with Crippen LogP contribution in [0.1, 0.15) is 35.9 Å². The summed E-state index contributed by atoms with van der Waals surface area (Å²) < 4.78 is 28.1. The molecule has 4 rings (SSSR count). The van der Waals surface area contributed by atoms with Crippen LogP contribution in [0.4, 0.5) is 0 Å². The highest BCUT2D eigenvalue weighted by Crippen LogP contribution is 2.44. The highest BCUT2D eigenvalue weighted by atomic mass is 16.6. The van der Waals surface area contributed by atoms with Gasteiger partial charge in [-0.15, -0.1) is 0 Å². The van der Waals surface area contributed by atoms with E-state index in [4.69, 9.17) is 23.7 Å². The Morgan fingerprint density at radius 3 is 2.25 bits per heavy atom. The highest BCUT2D eigenvalue weighted by molar-refractivity contribution is 5.77. The molecule has 3 aromatic carbocycles. The maximum Gasteiger partial charge on any atom is 0.326 e. The topological polar surface area (TPSA) is 83.5 Å². The van der Waals surface area contributed by atoms with E-state index in [1.807, 2.05) is 59.5 Å². The van der Waals surface area contributed by atoms with Crippen LogP contribution < -0.4 is 14.2 Å². The molecular weight excluding hydrogens is 462 g/mol. The van der Waals surface area contributed by atoms with Gasteiger partial charge in [0.1, 0.15) is 30.7 Å². The average Bonchev–Trinajstić information content (AvgIpc) is 3.24. The second-order valence-corrected chi connectivity index (χ2v) is 8.39. The van der Waals surface area contributed by atoms with E-state index in [1.165, 1.54) is 14.0 Å². The summed E-state index contributed by atoms with van der Waals surface area (Å²) in [4.78, 5) is 26.5. The average molecular weight is 492 g/mol. The van der Waals surface area contributed by atoms with Crippen molar-refractivity contribution in [3.05, 3.63) is 89.5 Å². The Labute approximate surface area is 210 Å². The van der Waals surface area contributed by atoms with Crippen molar-refractivity contribution in [1.29, 1.82) is 0 Å². The molecule has 1 saturated heterocycles. The van der Waals surface area contributed by atoms with Gasteiger partial charge < -0.3 is 23.7 Å². The molecule has 0 spiro atoms. The minimum absolute atomic E-state index is 0.249. The van der Waals surface area contributed by atoms with Gasteiger partial charge in [0.15, 0.2) is 11.5 Å². The lowest BCUT2D eigenvalue weighted by molar-refractivity contribution is -0.146. The fourth-order valence-corrected chi connectivity index (χ4v) is 4.21. The Hall–Kier alpha value is -3.88. The van der Waals surface area contributed by atoms with Crippen molar-refractivity contribution in [2.24, 2.45) is 0 Å². The van der Waals surface area contributed by atoms with Crippen LogP contribution in [0.2, 0.25) is 0 Å². The number of nitrogens with zero attached hydrogens (tertiary/aromatic N) is 1. The molecule has 0 saturated carbocycles. The number of benzene rings is 3. The Bertz CT molecular complexity index is 1200. The van der Waals surface area contributed by atoms with Crippen LogP contribution in [0.25, 0.3) is 0 Å². The van der Waals surface area contributed by atoms with Crippen molar-refractivity contribution in [2.75, 3.05) is 21.3 Å². The van der Waals surface area contributed by atoms with Crippen LogP contribution in [0, 0.1) is 0 Å². The predicted octanol–water partition coefficient (Wildman–Crippen LogP) is 4.44. The molecule has 36 heavy (non-hydrogen) atoms. The SMILES string of the molecule is COC(=O)[C@@H]1[C@@H](c2ccc(OCc3ccccc3)c(OC(C)=O)c2)OC(c2ccc(OC)cc2)N1C. The molecule has 1 aliphatic heterocycles. The van der Waals surface area contributed by atoms with Crippen LogP contribution in [-0.4, -0.2) is 44.1 Å². The summed E-state index contributed by atoms with van der Waals surface area (Å²) in [5.41, 5.74) is 2.48. The van der Waals surface area contributed by atoms with E-state index in [2.05, 4.69) is 0 Å². The molecule has 1 fully saturated rings. The molecule has 3 aromatic rings. The minimum Gasteiger partial charge on any atom is -0.497 e. The van der Waals surface area contributed by atoms with Gasteiger partial charge in [-0.2, -0.15) is 0 Å². The van der Waals surface area contributed by atoms with Gasteiger partial charge in [-0.25, -0.2) is 0 Å². The zero-order valence-corrected chi connectivity index (χ0v) is 20.7. The molecule has 0 aromatic heterocycles. The monoisotopic (exact) mass is 491 g/mol. The first-order chi connectivity index (χ1) is 17.4. The van der Waals surface area contributed by atoms with E-state index >= 15 is 0 Å². The van der Waals surface area contributed by atoms with Gasteiger partial charge in [0, 0.05) is 6.92 Å². The van der Waals surface area contributed by atoms with Crippen LogP contribution in [-0.2, 0) is 25.7 Å². The number of ether oxygens (including phenoxy) is 5. The van der Waals surface area contributed by atoms with Gasteiger partial charge in [0.2, 0.25) is 0 Å². The number of carbonyl (C=O) groups is 2. The summed E-state index contributed by atoms with van der Waals surface area (Å²) in [5, 5.41) is 0. The van der Waals surface area contributed by atoms with E-state index < -0.39 is 30.3 Å². The maximum atomic E-state index is 12.8. The second-order valence-electron chi connectivity index (χ2n) is 8.39. The number of methoxy groups -OCH3 is 2. The largest absolute Gasteiger partial charge is 0.497 e. The first-order valence-electron chi connectivity index (χ1n) is 11.5. The molecule has 0 aliphatic carbocycles. The Morgan fingerprint density at radius 2 is 1.61 bits per heavy atom. The summed E-state index contributed by atoms with van der Waals surface area (Å²) in [7, 11) is 4.75. The molecule has 1 unspecified atom stereocenters. The highest BCUT2D eigenvalue weighted by Gasteiger charge is 2.46. The van der Waals surface area contributed by atoms with Crippen LogP contribution >= 0.6 is 0 Å². The molecule has 0 N–H and O–H groups in total. The number of likely N-dealkylation sites (N-methyl/N-ethyl adjacent to an activating group) is 1. The zero-order valence-electron chi connectivity index (χ0n) is 20.7. The van der Waals surface area contributed by atoms with Crippen LogP contribution in [0.15, 0.2) is 72.8 Å². The molecule has 1 heterocycles. The number of esters is 2. The summed E-state index contributed by atoms with van der Waals surface area (Å²) in [6, 6.07) is 21.6. The molecule has 1 aliphatic rings. The maximum absolute atomic E-state index is 12.8. The molecule has 0 amide bonds. The quantitative estimate of drug-likeness (QED) is 0.338. The van der Waals surface area contributed by atoms with Crippen molar-refractivity contribution in [3.63, 3.8) is 0 Å². The fraction of sp³-hybridized carbons (Fsp3) is 0.286. The van der Waals surface area contributed by atoms with Gasteiger partial charge >= 0.3 is 11.9 Å². The van der Waals surface area contributed by atoms with Crippen LogP contribution in [0.5, 0.6) is 17.2 Å². The molecule has 0 radical (unpaired) electrons. The first kappa shape index (κ1) is 25.2. The Kier molecular flexibility index (Phi) is 7.87. The van der Waals surface area contributed by atoms with E-state index in [0.29, 0.717) is 17.9 Å². The van der Waals surface area contributed by atoms with Gasteiger partial charge in [-0.1, -0.05) is 48.5 Å². The molecule has 8 heteroatoms. The van der Waals surface area contributed by atoms with E-state index in [-0.39, 0.29) is 5.75 Å². The third-order valence-electron chi connectivity index (χ3n) is 6.00. The lowest BCUT2D eigenvalue weighted by Crippen LogP contribution is -2.38. The predicted molar refractivity (Wildman–Crippen MR) is 132 cm³/mol. The van der Waals surface area contributed by atoms with Gasteiger partial charge in [0.05, 0.1) is 14.2 Å². The second kappa shape index (κ2) is 11.2. The smallest absolute Gasteiger partial charge is 0.326 e. The zero-order chi connectivity index (χ0) is 25.7. The molecule has 0 bridgehead atoms. The molecular formula is C28H29NO7. The van der Waals surface area contributed by atoms with Crippen molar-refractivity contribution < 1.29 is 33.3 Å². The van der Waals surface area contributed by atoms with Crippen molar-refractivity contribution in [3.8, 4) is 17.2 Å². The molecule has 188 valence electrons. The van der Waals surface area contributed by atoms with Gasteiger partial charge in [-0.3, -0.25) is 14.5 Å². The third kappa shape index (κ3) is 5.50. The van der Waals surface area contributed by atoms with Gasteiger partial charge in [-0.05, 0) is 48.0 Å². The molecule has 8 nitrogen and oxygen atoms in total. The summed E-state index contributed by atoms with van der Waals surface area (Å²) in [6.45, 7) is 1.63. The third-order valence-corrected chi connectivity index (χ3v) is 6.00. The Morgan fingerprint density at radius 1 is 0.917 bits per heavy atom. The summed E-state index contributed by atoms with van der Waals surface area (Å²) in [5.74, 6) is 0.459. The van der Waals surface area contributed by atoms with Gasteiger partial charge in [0.25, 0.3) is 0 Å². The van der Waals surface area contributed by atoms with Crippen molar-refractivity contribution >= 4 is 11.9 Å². The lowest BCUT2D eigenvalue weighted by atomic mass is 10.0. The Balaban J connectivity index is 1.64. The number of hydrogen-bond donors (Lipinski definition) is 0. The first-order valence-corrected chi connectivity index (χ1v) is 11.5. The van der Waals surface area contributed by atoms with Crippen molar-refractivity contribution in [2.45, 2.75) is 31.9 Å².